The third-order valence-corrected chi connectivity index (χ3v) is 4.36. The van der Waals surface area contributed by atoms with E-state index in [2.05, 4.69) is 33.5 Å². The van der Waals surface area contributed by atoms with Crippen molar-refractivity contribution in [2.24, 2.45) is 5.84 Å². The Kier molecular flexibility index (Phi) is 3.22. The summed E-state index contributed by atoms with van der Waals surface area (Å²) in [6, 6.07) is 8.21. The van der Waals surface area contributed by atoms with Gasteiger partial charge in [0.05, 0.1) is 16.9 Å². The Bertz CT molecular complexity index is 577. The summed E-state index contributed by atoms with van der Waals surface area (Å²) in [7, 11) is 0. The van der Waals surface area contributed by atoms with Crippen molar-refractivity contribution in [3.63, 3.8) is 0 Å². The van der Waals surface area contributed by atoms with Gasteiger partial charge < -0.3 is 5.43 Å². The van der Waals surface area contributed by atoms with Gasteiger partial charge in [0.2, 0.25) is 0 Å². The molecule has 94 valence electrons. The molecule has 0 bridgehead atoms. The van der Waals surface area contributed by atoms with Crippen LogP contribution in [0, 0.1) is 0 Å². The van der Waals surface area contributed by atoms with E-state index in [1.807, 2.05) is 12.1 Å². The van der Waals surface area contributed by atoms with Crippen molar-refractivity contribution in [1.29, 1.82) is 0 Å². The molecule has 1 aromatic heterocycles. The van der Waals surface area contributed by atoms with Crippen LogP contribution in [0.15, 0.2) is 28.7 Å². The van der Waals surface area contributed by atoms with Gasteiger partial charge in [-0.15, -0.1) is 0 Å². The molecule has 1 saturated carbocycles. The number of hydrazine groups is 1. The number of aromatic nitrogens is 1. The fourth-order valence-corrected chi connectivity index (χ4v) is 3.27. The number of nitrogens with zero attached hydrogens (tertiary/aromatic N) is 1. The fraction of sp³-hybridized carbons (Fsp3) is 0.357. The number of fused-ring (bicyclic) bond motifs is 1. The van der Waals surface area contributed by atoms with Gasteiger partial charge in [-0.3, -0.25) is 5.84 Å². The molecule has 3 N–H and O–H groups in total. The molecule has 1 aliphatic rings. The third-order valence-electron chi connectivity index (χ3n) is 3.72. The van der Waals surface area contributed by atoms with Crippen molar-refractivity contribution in [2.75, 3.05) is 5.43 Å². The molecule has 3 nitrogen and oxygen atoms in total. The SMILES string of the molecule is NNc1cc2cccc(Br)c2nc1C1CCCC1. The highest BCUT2D eigenvalue weighted by Crippen LogP contribution is 2.38. The monoisotopic (exact) mass is 305 g/mol. The highest BCUT2D eigenvalue weighted by molar-refractivity contribution is 9.10. The minimum Gasteiger partial charge on any atom is -0.322 e. The maximum Gasteiger partial charge on any atom is 0.0849 e. The summed E-state index contributed by atoms with van der Waals surface area (Å²) in [4.78, 5) is 4.84. The molecule has 1 aliphatic carbocycles. The van der Waals surface area contributed by atoms with Crippen molar-refractivity contribution in [3.8, 4) is 0 Å². The van der Waals surface area contributed by atoms with Crippen LogP contribution in [0.3, 0.4) is 0 Å². The van der Waals surface area contributed by atoms with Crippen molar-refractivity contribution >= 4 is 32.5 Å². The first-order valence-electron chi connectivity index (χ1n) is 6.35. The standard InChI is InChI=1S/C14H16BrN3/c15-11-7-3-6-10-8-12(18-16)14(17-13(10)11)9-4-1-2-5-9/h3,6-9,18H,1-2,4-5,16H2. The molecule has 2 aromatic rings. The van der Waals surface area contributed by atoms with Crippen molar-refractivity contribution in [3.05, 3.63) is 34.4 Å². The topological polar surface area (TPSA) is 50.9 Å². The Labute approximate surface area is 115 Å². The summed E-state index contributed by atoms with van der Waals surface area (Å²) in [6.07, 6.45) is 5.03. The van der Waals surface area contributed by atoms with Gasteiger partial charge in [-0.25, -0.2) is 4.98 Å². The van der Waals surface area contributed by atoms with Gasteiger partial charge in [-0.2, -0.15) is 0 Å². The van der Waals surface area contributed by atoms with Crippen LogP contribution in [0.25, 0.3) is 10.9 Å². The lowest BCUT2D eigenvalue weighted by molar-refractivity contribution is 0.702. The maximum atomic E-state index is 5.65. The summed E-state index contributed by atoms with van der Waals surface area (Å²) in [6.45, 7) is 0. The maximum absolute atomic E-state index is 5.65. The van der Waals surface area contributed by atoms with Crippen LogP contribution in [0.5, 0.6) is 0 Å². The van der Waals surface area contributed by atoms with E-state index in [-0.39, 0.29) is 0 Å². The molecule has 4 heteroatoms. The zero-order valence-corrected chi connectivity index (χ0v) is 11.7. The number of nitrogen functional groups attached to an aromatic ring is 1. The summed E-state index contributed by atoms with van der Waals surface area (Å²) in [5.41, 5.74) is 5.92. The molecular formula is C14H16BrN3. The van der Waals surface area contributed by atoms with Crippen molar-refractivity contribution in [1.82, 2.24) is 4.98 Å². The van der Waals surface area contributed by atoms with Gasteiger partial charge in [0.15, 0.2) is 0 Å². The van der Waals surface area contributed by atoms with Crippen LogP contribution in [0.2, 0.25) is 0 Å². The summed E-state index contributed by atoms with van der Waals surface area (Å²) < 4.78 is 1.04. The number of halogens is 1. The average molecular weight is 306 g/mol. The average Bonchev–Trinajstić information content (AvgIpc) is 2.91. The first kappa shape index (κ1) is 11.9. The van der Waals surface area contributed by atoms with Crippen LogP contribution < -0.4 is 11.3 Å². The molecule has 0 radical (unpaired) electrons. The first-order chi connectivity index (χ1) is 8.79. The summed E-state index contributed by atoms with van der Waals surface area (Å²) in [5.74, 6) is 6.19. The zero-order chi connectivity index (χ0) is 12.5. The highest BCUT2D eigenvalue weighted by atomic mass is 79.9. The van der Waals surface area contributed by atoms with Gasteiger partial charge >= 0.3 is 0 Å². The molecule has 0 amide bonds. The predicted molar refractivity (Wildman–Crippen MR) is 78.5 cm³/mol. The largest absolute Gasteiger partial charge is 0.322 e. The van der Waals surface area contributed by atoms with Gasteiger partial charge in [-0.05, 0) is 40.9 Å². The Hall–Kier alpha value is -1.13. The number of nitrogens with one attached hydrogen (secondary N) is 1. The van der Waals surface area contributed by atoms with Gasteiger partial charge in [-0.1, -0.05) is 25.0 Å². The normalized spacial score (nSPS) is 16.3. The molecule has 1 fully saturated rings. The molecule has 3 rings (SSSR count). The van der Waals surface area contributed by atoms with Gasteiger partial charge in [0.25, 0.3) is 0 Å². The molecule has 0 atom stereocenters. The van der Waals surface area contributed by atoms with Crippen LogP contribution in [0.4, 0.5) is 5.69 Å². The van der Waals surface area contributed by atoms with E-state index >= 15 is 0 Å². The molecular weight excluding hydrogens is 290 g/mol. The number of benzene rings is 1. The summed E-state index contributed by atoms with van der Waals surface area (Å²) in [5, 5.41) is 1.11. The van der Waals surface area contributed by atoms with E-state index in [0.717, 1.165) is 26.8 Å². The van der Waals surface area contributed by atoms with E-state index < -0.39 is 0 Å². The minimum atomic E-state index is 0.549. The fourth-order valence-electron chi connectivity index (χ4n) is 2.80. The Balaban J connectivity index is 2.19. The number of nitrogens with two attached hydrogens (primary N) is 1. The van der Waals surface area contributed by atoms with E-state index in [9.17, 15) is 0 Å². The Morgan fingerprint density at radius 3 is 2.78 bits per heavy atom. The summed E-state index contributed by atoms with van der Waals surface area (Å²) >= 11 is 3.57. The van der Waals surface area contributed by atoms with Gasteiger partial charge in [0.1, 0.15) is 0 Å². The van der Waals surface area contributed by atoms with Crippen LogP contribution in [-0.4, -0.2) is 4.98 Å². The lowest BCUT2D eigenvalue weighted by Gasteiger charge is -2.15. The third kappa shape index (κ3) is 1.99. The predicted octanol–water partition coefficient (Wildman–Crippen LogP) is 3.94. The van der Waals surface area contributed by atoms with E-state index in [4.69, 9.17) is 10.8 Å². The van der Waals surface area contributed by atoms with Crippen molar-refractivity contribution < 1.29 is 0 Å². The van der Waals surface area contributed by atoms with Crippen LogP contribution in [0.1, 0.15) is 37.3 Å². The second-order valence-electron chi connectivity index (χ2n) is 4.86. The van der Waals surface area contributed by atoms with Gasteiger partial charge in [0, 0.05) is 15.8 Å². The van der Waals surface area contributed by atoms with E-state index in [0.29, 0.717) is 5.92 Å². The molecule has 18 heavy (non-hydrogen) atoms. The molecule has 0 saturated heterocycles. The number of pyridine rings is 1. The Morgan fingerprint density at radius 1 is 1.28 bits per heavy atom. The molecule has 0 spiro atoms. The lowest BCUT2D eigenvalue weighted by atomic mass is 10.0. The quantitative estimate of drug-likeness (QED) is 0.652. The zero-order valence-electron chi connectivity index (χ0n) is 10.1. The van der Waals surface area contributed by atoms with E-state index in [1.165, 1.54) is 25.7 Å². The number of rotatable bonds is 2. The molecule has 0 unspecified atom stereocenters. The Morgan fingerprint density at radius 2 is 2.06 bits per heavy atom. The molecule has 1 heterocycles. The second kappa shape index (κ2) is 4.86. The van der Waals surface area contributed by atoms with E-state index in [1.54, 1.807) is 0 Å². The smallest absolute Gasteiger partial charge is 0.0849 e. The highest BCUT2D eigenvalue weighted by Gasteiger charge is 2.22. The molecule has 0 aliphatic heterocycles. The van der Waals surface area contributed by atoms with Crippen molar-refractivity contribution in [2.45, 2.75) is 31.6 Å². The lowest BCUT2D eigenvalue weighted by Crippen LogP contribution is -2.12. The number of anilines is 1. The minimum absolute atomic E-state index is 0.549. The van der Waals surface area contributed by atoms with Crippen LogP contribution in [-0.2, 0) is 0 Å². The van der Waals surface area contributed by atoms with Crippen LogP contribution >= 0.6 is 15.9 Å². The second-order valence-corrected chi connectivity index (χ2v) is 5.71. The first-order valence-corrected chi connectivity index (χ1v) is 7.14. The molecule has 1 aromatic carbocycles. The number of hydrogen-bond donors (Lipinski definition) is 2. The number of hydrogen-bond acceptors (Lipinski definition) is 3. The number of para-hydroxylation sites is 1.